The molecule has 1 aromatic carbocycles. The van der Waals surface area contributed by atoms with E-state index in [9.17, 15) is 12.8 Å². The number of hydrogen-bond acceptors (Lipinski definition) is 7. The van der Waals surface area contributed by atoms with Crippen LogP contribution < -0.4 is 9.62 Å². The highest BCUT2D eigenvalue weighted by molar-refractivity contribution is 7.88. The van der Waals surface area contributed by atoms with E-state index in [-0.39, 0.29) is 13.2 Å². The Kier molecular flexibility index (Phi) is 7.13. The number of imidazole rings is 1. The Morgan fingerprint density at radius 1 is 1.09 bits per heavy atom. The van der Waals surface area contributed by atoms with Crippen molar-refractivity contribution in [2.24, 2.45) is 0 Å². The number of sulfonamides is 1. The summed E-state index contributed by atoms with van der Waals surface area (Å²) in [6.45, 7) is 5.30. The Balaban J connectivity index is 1.78. The first-order valence-corrected chi connectivity index (χ1v) is 13.0. The van der Waals surface area contributed by atoms with Gasteiger partial charge in [-0.25, -0.2) is 32.5 Å². The number of fused-ring (bicyclic) bond motifs is 1. The number of aromatic nitrogens is 4. The number of nitrogens with one attached hydrogen (secondary N) is 1. The van der Waals surface area contributed by atoms with E-state index in [2.05, 4.69) is 24.5 Å². The molecule has 3 aromatic rings. The Morgan fingerprint density at radius 2 is 1.82 bits per heavy atom. The molecule has 0 spiro atoms. The summed E-state index contributed by atoms with van der Waals surface area (Å²) in [6, 6.07) is 7.38. The molecule has 1 fully saturated rings. The van der Waals surface area contributed by atoms with Gasteiger partial charge in [-0.15, -0.1) is 0 Å². The molecule has 1 aliphatic heterocycles. The van der Waals surface area contributed by atoms with E-state index in [1.807, 2.05) is 29.7 Å². The number of piperazine rings is 1. The molecule has 178 valence electrons. The summed E-state index contributed by atoms with van der Waals surface area (Å²) in [5.41, 5.74) is 1.98. The SMILES string of the molecule is Cc1nc(N2CCN(CCF)CC2)c2nc(-c3ccccc3Cl)n(CCNS(C)(=O)=O)c2n1. The van der Waals surface area contributed by atoms with Crippen molar-refractivity contribution in [1.29, 1.82) is 0 Å². The van der Waals surface area contributed by atoms with Crippen LogP contribution in [0.15, 0.2) is 24.3 Å². The Labute approximate surface area is 197 Å². The summed E-state index contributed by atoms with van der Waals surface area (Å²) < 4.78 is 40.3. The first-order chi connectivity index (χ1) is 15.8. The topological polar surface area (TPSA) is 96.3 Å². The number of halogens is 2. The van der Waals surface area contributed by atoms with Crippen LogP contribution >= 0.6 is 11.6 Å². The average Bonchev–Trinajstić information content (AvgIpc) is 3.11. The van der Waals surface area contributed by atoms with Crippen molar-refractivity contribution in [3.05, 3.63) is 35.1 Å². The van der Waals surface area contributed by atoms with E-state index < -0.39 is 10.0 Å². The minimum atomic E-state index is -3.34. The van der Waals surface area contributed by atoms with Crippen molar-refractivity contribution in [3.63, 3.8) is 0 Å². The van der Waals surface area contributed by atoms with E-state index in [1.54, 1.807) is 6.07 Å². The van der Waals surface area contributed by atoms with Gasteiger partial charge >= 0.3 is 0 Å². The van der Waals surface area contributed by atoms with Crippen LogP contribution in [0.4, 0.5) is 10.2 Å². The van der Waals surface area contributed by atoms with E-state index in [4.69, 9.17) is 16.6 Å². The van der Waals surface area contributed by atoms with E-state index in [1.165, 1.54) is 0 Å². The maximum absolute atomic E-state index is 12.7. The van der Waals surface area contributed by atoms with Crippen molar-refractivity contribution >= 4 is 38.6 Å². The van der Waals surface area contributed by atoms with Gasteiger partial charge in [0.25, 0.3) is 0 Å². The monoisotopic (exact) mass is 495 g/mol. The minimum Gasteiger partial charge on any atom is -0.352 e. The zero-order chi connectivity index (χ0) is 23.6. The molecule has 0 bridgehead atoms. The van der Waals surface area contributed by atoms with Gasteiger partial charge in [0.05, 0.1) is 11.3 Å². The van der Waals surface area contributed by atoms with Gasteiger partial charge in [0.1, 0.15) is 18.3 Å². The highest BCUT2D eigenvalue weighted by Gasteiger charge is 2.25. The number of hydrogen-bond donors (Lipinski definition) is 1. The molecule has 9 nitrogen and oxygen atoms in total. The van der Waals surface area contributed by atoms with E-state index in [0.717, 1.165) is 30.7 Å². The zero-order valence-corrected chi connectivity index (χ0v) is 20.2. The predicted octanol–water partition coefficient (Wildman–Crippen LogP) is 2.10. The largest absolute Gasteiger partial charge is 0.352 e. The van der Waals surface area contributed by atoms with Gasteiger partial charge in [0.2, 0.25) is 10.0 Å². The fourth-order valence-corrected chi connectivity index (χ4v) is 4.70. The van der Waals surface area contributed by atoms with Gasteiger partial charge in [0.15, 0.2) is 17.0 Å². The Hall–Kier alpha value is -2.34. The number of rotatable bonds is 8. The lowest BCUT2D eigenvalue weighted by atomic mass is 10.2. The summed E-state index contributed by atoms with van der Waals surface area (Å²) >= 11 is 6.48. The maximum atomic E-state index is 12.7. The van der Waals surface area contributed by atoms with Crippen molar-refractivity contribution in [2.45, 2.75) is 13.5 Å². The summed E-state index contributed by atoms with van der Waals surface area (Å²) in [4.78, 5) is 18.5. The quantitative estimate of drug-likeness (QED) is 0.511. The first kappa shape index (κ1) is 23.8. The minimum absolute atomic E-state index is 0.183. The molecule has 0 aliphatic carbocycles. The number of alkyl halides is 1. The lowest BCUT2D eigenvalue weighted by Crippen LogP contribution is -2.47. The van der Waals surface area contributed by atoms with Gasteiger partial charge in [-0.2, -0.15) is 0 Å². The smallest absolute Gasteiger partial charge is 0.208 e. The van der Waals surface area contributed by atoms with Gasteiger partial charge < -0.3 is 9.47 Å². The maximum Gasteiger partial charge on any atom is 0.208 e. The molecule has 12 heteroatoms. The third-order valence-corrected chi connectivity index (χ3v) is 6.63. The Bertz CT molecular complexity index is 1240. The van der Waals surface area contributed by atoms with Crippen LogP contribution in [0.3, 0.4) is 0 Å². The van der Waals surface area contributed by atoms with Gasteiger partial charge in [-0.3, -0.25) is 4.90 Å². The lowest BCUT2D eigenvalue weighted by molar-refractivity contribution is 0.235. The normalized spacial score (nSPS) is 15.5. The molecule has 0 atom stereocenters. The van der Waals surface area contributed by atoms with Crippen molar-refractivity contribution in [3.8, 4) is 11.4 Å². The van der Waals surface area contributed by atoms with E-state index in [0.29, 0.717) is 54.0 Å². The molecule has 4 rings (SSSR count). The third kappa shape index (κ3) is 5.43. The van der Waals surface area contributed by atoms with Crippen LogP contribution in [0.5, 0.6) is 0 Å². The standard InChI is InChI=1S/C21H27ClFN7O2S/c1-15-25-20(29-13-11-28(9-7-23)12-14-29)18-21(26-15)30(10-8-24-33(2,31)32)19(27-18)16-5-3-4-6-17(16)22/h3-6,24H,7-14H2,1-2H3. The summed E-state index contributed by atoms with van der Waals surface area (Å²) in [6.07, 6.45) is 1.13. The molecule has 0 amide bonds. The molecule has 1 saturated heterocycles. The molecule has 0 saturated carbocycles. The van der Waals surface area contributed by atoms with Gasteiger partial charge in [-0.05, 0) is 19.1 Å². The fraction of sp³-hybridized carbons (Fsp3) is 0.476. The molecule has 0 unspecified atom stereocenters. The van der Waals surface area contributed by atoms with Crippen LogP contribution in [0.25, 0.3) is 22.6 Å². The predicted molar refractivity (Wildman–Crippen MR) is 128 cm³/mol. The fourth-order valence-electron chi connectivity index (χ4n) is 4.02. The second-order valence-electron chi connectivity index (χ2n) is 8.02. The number of nitrogens with zero attached hydrogens (tertiary/aromatic N) is 6. The molecular formula is C21H27ClFN7O2S. The second kappa shape index (κ2) is 9.88. The number of aryl methyl sites for hydroxylation is 1. The molecule has 1 aliphatic rings. The first-order valence-electron chi connectivity index (χ1n) is 10.7. The molecule has 0 radical (unpaired) electrons. The summed E-state index contributed by atoms with van der Waals surface area (Å²) in [5.74, 6) is 1.91. The van der Waals surface area contributed by atoms with Gasteiger partial charge in [-0.1, -0.05) is 23.7 Å². The molecular weight excluding hydrogens is 469 g/mol. The van der Waals surface area contributed by atoms with Crippen molar-refractivity contribution in [2.75, 3.05) is 57.1 Å². The third-order valence-electron chi connectivity index (χ3n) is 5.58. The average molecular weight is 496 g/mol. The zero-order valence-electron chi connectivity index (χ0n) is 18.6. The summed E-state index contributed by atoms with van der Waals surface area (Å²) in [5, 5.41) is 0.538. The van der Waals surface area contributed by atoms with Crippen LogP contribution in [-0.4, -0.2) is 85.0 Å². The molecule has 3 heterocycles. The second-order valence-corrected chi connectivity index (χ2v) is 10.3. The van der Waals surface area contributed by atoms with Crippen LogP contribution in [-0.2, 0) is 16.6 Å². The lowest BCUT2D eigenvalue weighted by Gasteiger charge is -2.34. The van der Waals surface area contributed by atoms with Gasteiger partial charge in [0, 0.05) is 51.4 Å². The Morgan fingerprint density at radius 3 is 2.48 bits per heavy atom. The van der Waals surface area contributed by atoms with Crippen molar-refractivity contribution in [1.82, 2.24) is 29.1 Å². The summed E-state index contributed by atoms with van der Waals surface area (Å²) in [7, 11) is -3.34. The highest BCUT2D eigenvalue weighted by Crippen LogP contribution is 2.33. The van der Waals surface area contributed by atoms with Crippen LogP contribution in [0.1, 0.15) is 5.82 Å². The molecule has 33 heavy (non-hydrogen) atoms. The highest BCUT2D eigenvalue weighted by atomic mass is 35.5. The number of benzene rings is 1. The van der Waals surface area contributed by atoms with E-state index >= 15 is 0 Å². The molecule has 2 aromatic heterocycles. The van der Waals surface area contributed by atoms with Crippen LogP contribution in [0.2, 0.25) is 5.02 Å². The number of anilines is 1. The van der Waals surface area contributed by atoms with Crippen LogP contribution in [0, 0.1) is 6.92 Å². The van der Waals surface area contributed by atoms with Crippen molar-refractivity contribution < 1.29 is 12.8 Å². The molecule has 1 N–H and O–H groups in total.